The molecule has 3 heteroatoms. The first-order chi connectivity index (χ1) is 6.25. The molecule has 0 amide bonds. The second-order valence-electron chi connectivity index (χ2n) is 3.22. The number of ether oxygens (including phenoxy) is 1. The van der Waals surface area contributed by atoms with Crippen molar-refractivity contribution < 1.29 is 13.5 Å². The zero-order valence-corrected chi connectivity index (χ0v) is 7.04. The van der Waals surface area contributed by atoms with Gasteiger partial charge in [-0.05, 0) is 36.5 Å². The predicted octanol–water partition coefficient (Wildman–Crippen LogP) is 3.17. The van der Waals surface area contributed by atoms with Gasteiger partial charge in [0.05, 0.1) is 0 Å². The van der Waals surface area contributed by atoms with Crippen LogP contribution in [0.4, 0.5) is 8.78 Å². The van der Waals surface area contributed by atoms with Crippen molar-refractivity contribution in [3.05, 3.63) is 29.8 Å². The second-order valence-corrected chi connectivity index (χ2v) is 3.22. The molecule has 2 rings (SSSR count). The summed E-state index contributed by atoms with van der Waals surface area (Å²) in [5.74, 6) is 0.889. The minimum atomic E-state index is -2.73. The van der Waals surface area contributed by atoms with E-state index in [1.165, 1.54) is 18.4 Å². The van der Waals surface area contributed by atoms with Crippen molar-refractivity contribution in [3.8, 4) is 5.75 Å². The highest BCUT2D eigenvalue weighted by atomic mass is 19.3. The van der Waals surface area contributed by atoms with Crippen LogP contribution in [0.3, 0.4) is 0 Å². The Morgan fingerprint density at radius 1 is 1.15 bits per heavy atom. The normalized spacial score (nSPS) is 16.2. The van der Waals surface area contributed by atoms with Crippen molar-refractivity contribution in [1.82, 2.24) is 0 Å². The van der Waals surface area contributed by atoms with E-state index in [9.17, 15) is 8.78 Å². The lowest BCUT2D eigenvalue weighted by Gasteiger charge is -2.04. The first-order valence-electron chi connectivity index (χ1n) is 4.30. The van der Waals surface area contributed by atoms with E-state index in [4.69, 9.17) is 0 Å². The number of rotatable bonds is 3. The number of benzene rings is 1. The lowest BCUT2D eigenvalue weighted by Crippen LogP contribution is -2.01. The molecule has 1 nitrogen and oxygen atoms in total. The quantitative estimate of drug-likeness (QED) is 0.701. The van der Waals surface area contributed by atoms with Gasteiger partial charge in [-0.3, -0.25) is 0 Å². The van der Waals surface area contributed by atoms with E-state index in [2.05, 4.69) is 4.74 Å². The third-order valence-electron chi connectivity index (χ3n) is 2.15. The Morgan fingerprint density at radius 3 is 2.23 bits per heavy atom. The summed E-state index contributed by atoms with van der Waals surface area (Å²) in [7, 11) is 0. The highest BCUT2D eigenvalue weighted by Gasteiger charge is 2.23. The summed E-state index contributed by atoms with van der Waals surface area (Å²) in [6.45, 7) is -2.73. The zero-order chi connectivity index (χ0) is 9.26. The largest absolute Gasteiger partial charge is 0.435 e. The summed E-state index contributed by atoms with van der Waals surface area (Å²) in [4.78, 5) is 0. The van der Waals surface area contributed by atoms with E-state index in [1.54, 1.807) is 12.1 Å². The molecule has 1 aliphatic rings. The van der Waals surface area contributed by atoms with Crippen molar-refractivity contribution in [2.24, 2.45) is 0 Å². The van der Waals surface area contributed by atoms with Crippen LogP contribution in [-0.4, -0.2) is 6.61 Å². The number of hydrogen-bond donors (Lipinski definition) is 0. The van der Waals surface area contributed by atoms with Gasteiger partial charge < -0.3 is 4.74 Å². The molecule has 1 saturated carbocycles. The van der Waals surface area contributed by atoms with E-state index in [-0.39, 0.29) is 5.75 Å². The molecule has 0 atom stereocenters. The SMILES string of the molecule is FC(F)Oc1ccc(C2CC2)cc1. The van der Waals surface area contributed by atoms with E-state index in [1.807, 2.05) is 12.1 Å². The number of halogens is 2. The Bertz CT molecular complexity index is 277. The van der Waals surface area contributed by atoms with Gasteiger partial charge in [-0.1, -0.05) is 12.1 Å². The molecule has 0 spiro atoms. The summed E-state index contributed by atoms with van der Waals surface area (Å²) in [5, 5.41) is 0. The van der Waals surface area contributed by atoms with Crippen LogP contribution in [0.2, 0.25) is 0 Å². The van der Waals surface area contributed by atoms with Crippen LogP contribution >= 0.6 is 0 Å². The summed E-state index contributed by atoms with van der Waals surface area (Å²) >= 11 is 0. The standard InChI is InChI=1S/C10H10F2O/c11-10(12)13-9-5-3-8(4-6-9)7-1-2-7/h3-7,10H,1-2H2. The van der Waals surface area contributed by atoms with Gasteiger partial charge in [0.25, 0.3) is 0 Å². The van der Waals surface area contributed by atoms with E-state index < -0.39 is 6.61 Å². The van der Waals surface area contributed by atoms with Crippen LogP contribution in [0.5, 0.6) is 5.75 Å². The Balaban J connectivity index is 2.04. The number of hydrogen-bond acceptors (Lipinski definition) is 1. The molecule has 0 N–H and O–H groups in total. The van der Waals surface area contributed by atoms with Crippen LogP contribution in [0.15, 0.2) is 24.3 Å². The van der Waals surface area contributed by atoms with Crippen LogP contribution < -0.4 is 4.74 Å². The third-order valence-corrected chi connectivity index (χ3v) is 2.15. The van der Waals surface area contributed by atoms with Crippen molar-refractivity contribution >= 4 is 0 Å². The fraction of sp³-hybridized carbons (Fsp3) is 0.400. The molecule has 0 aromatic heterocycles. The topological polar surface area (TPSA) is 9.23 Å². The molecule has 0 heterocycles. The fourth-order valence-electron chi connectivity index (χ4n) is 1.34. The summed E-state index contributed by atoms with van der Waals surface area (Å²) < 4.78 is 27.8. The van der Waals surface area contributed by atoms with Gasteiger partial charge in [-0.25, -0.2) is 0 Å². The first kappa shape index (κ1) is 8.48. The Labute approximate surface area is 75.3 Å². The average molecular weight is 184 g/mol. The minimum absolute atomic E-state index is 0.236. The predicted molar refractivity (Wildman–Crippen MR) is 45.0 cm³/mol. The van der Waals surface area contributed by atoms with Crippen LogP contribution in [0.25, 0.3) is 0 Å². The van der Waals surface area contributed by atoms with E-state index >= 15 is 0 Å². The maximum Gasteiger partial charge on any atom is 0.387 e. The monoisotopic (exact) mass is 184 g/mol. The summed E-state index contributed by atoms with van der Waals surface area (Å²) in [6.07, 6.45) is 2.43. The van der Waals surface area contributed by atoms with Crippen molar-refractivity contribution in [1.29, 1.82) is 0 Å². The van der Waals surface area contributed by atoms with Gasteiger partial charge in [0.1, 0.15) is 5.75 Å². The maximum absolute atomic E-state index is 11.8. The highest BCUT2D eigenvalue weighted by molar-refractivity contribution is 5.31. The molecule has 1 aliphatic carbocycles. The van der Waals surface area contributed by atoms with Gasteiger partial charge in [-0.15, -0.1) is 0 Å². The molecule has 13 heavy (non-hydrogen) atoms. The molecule has 0 aliphatic heterocycles. The smallest absolute Gasteiger partial charge is 0.387 e. The minimum Gasteiger partial charge on any atom is -0.435 e. The Hall–Kier alpha value is -1.12. The third kappa shape index (κ3) is 2.17. The highest BCUT2D eigenvalue weighted by Crippen LogP contribution is 2.40. The summed E-state index contributed by atoms with van der Waals surface area (Å²) in [5.41, 5.74) is 1.22. The van der Waals surface area contributed by atoms with Crippen molar-refractivity contribution in [2.75, 3.05) is 0 Å². The molecule has 0 bridgehead atoms. The molecule has 1 aromatic carbocycles. The van der Waals surface area contributed by atoms with Crippen LogP contribution in [0.1, 0.15) is 24.3 Å². The fourth-order valence-corrected chi connectivity index (χ4v) is 1.34. The van der Waals surface area contributed by atoms with E-state index in [0.29, 0.717) is 5.92 Å². The molecular formula is C10H10F2O. The Morgan fingerprint density at radius 2 is 1.77 bits per heavy atom. The second kappa shape index (κ2) is 3.32. The lowest BCUT2D eigenvalue weighted by molar-refractivity contribution is -0.0498. The molecule has 1 fully saturated rings. The van der Waals surface area contributed by atoms with Crippen molar-refractivity contribution in [2.45, 2.75) is 25.4 Å². The number of alkyl halides is 2. The van der Waals surface area contributed by atoms with Crippen molar-refractivity contribution in [3.63, 3.8) is 0 Å². The molecular weight excluding hydrogens is 174 g/mol. The van der Waals surface area contributed by atoms with Crippen LogP contribution in [0, 0.1) is 0 Å². The molecule has 0 saturated heterocycles. The molecule has 0 radical (unpaired) electrons. The van der Waals surface area contributed by atoms with Gasteiger partial charge in [0.2, 0.25) is 0 Å². The van der Waals surface area contributed by atoms with Gasteiger partial charge in [0.15, 0.2) is 0 Å². The molecule has 70 valence electrons. The average Bonchev–Trinajstić information content (AvgIpc) is 2.87. The van der Waals surface area contributed by atoms with Crippen LogP contribution in [-0.2, 0) is 0 Å². The van der Waals surface area contributed by atoms with Gasteiger partial charge in [0, 0.05) is 0 Å². The van der Waals surface area contributed by atoms with Gasteiger partial charge in [-0.2, -0.15) is 8.78 Å². The maximum atomic E-state index is 11.8. The zero-order valence-electron chi connectivity index (χ0n) is 7.04. The lowest BCUT2D eigenvalue weighted by atomic mass is 10.1. The van der Waals surface area contributed by atoms with E-state index in [0.717, 1.165) is 0 Å². The van der Waals surface area contributed by atoms with Gasteiger partial charge >= 0.3 is 6.61 Å². The molecule has 0 unspecified atom stereocenters. The first-order valence-corrected chi connectivity index (χ1v) is 4.30. The summed E-state index contributed by atoms with van der Waals surface area (Å²) in [6, 6.07) is 6.91. The Kier molecular flexibility index (Phi) is 2.17. The molecule has 1 aromatic rings.